The summed E-state index contributed by atoms with van der Waals surface area (Å²) in [4.78, 5) is 8.43. The summed E-state index contributed by atoms with van der Waals surface area (Å²) in [6, 6.07) is 5.75. The van der Waals surface area contributed by atoms with E-state index in [0.717, 1.165) is 11.1 Å². The van der Waals surface area contributed by atoms with Gasteiger partial charge in [0.15, 0.2) is 5.65 Å². The number of nitrogens with two attached hydrogens (primary N) is 1. The molecule has 10 nitrogen and oxygen atoms in total. The van der Waals surface area contributed by atoms with Crippen LogP contribution < -0.4 is 15.2 Å². The van der Waals surface area contributed by atoms with Crippen molar-refractivity contribution in [2.24, 2.45) is 0 Å². The van der Waals surface area contributed by atoms with Gasteiger partial charge in [0, 0.05) is 12.8 Å². The highest BCUT2D eigenvalue weighted by Gasteiger charge is 2.18. The molecular formula is C19H26N5O5P. The van der Waals surface area contributed by atoms with Crippen molar-refractivity contribution < 1.29 is 23.7 Å². The van der Waals surface area contributed by atoms with Crippen molar-refractivity contribution in [2.75, 3.05) is 39.3 Å². The molecule has 3 N–H and O–H groups in total. The number of methoxy groups -OCH3 is 1. The van der Waals surface area contributed by atoms with Crippen LogP contribution in [0.4, 0.5) is 5.82 Å². The summed E-state index contributed by atoms with van der Waals surface area (Å²) in [5, 5.41) is 13.9. The molecule has 0 aliphatic carbocycles. The van der Waals surface area contributed by atoms with Gasteiger partial charge in [-0.15, -0.1) is 0 Å². The van der Waals surface area contributed by atoms with E-state index in [1.807, 2.05) is 25.1 Å². The highest BCUT2D eigenvalue weighted by molar-refractivity contribution is 7.57. The van der Waals surface area contributed by atoms with E-state index in [0.29, 0.717) is 36.1 Å². The SMILES string of the molecule is CCOP(C)(=O)Cc1cc(Cn2ncc3c(N)nc(OCCO)nc32)cc(OC)c1. The van der Waals surface area contributed by atoms with Gasteiger partial charge < -0.3 is 24.8 Å². The number of aliphatic hydroxyl groups excluding tert-OH is 1. The Kier molecular flexibility index (Phi) is 6.91. The first-order chi connectivity index (χ1) is 14.3. The van der Waals surface area contributed by atoms with Gasteiger partial charge in [0.25, 0.3) is 0 Å². The number of rotatable bonds is 10. The maximum absolute atomic E-state index is 12.6. The molecule has 2 aromatic heterocycles. The molecule has 0 aliphatic heterocycles. The Balaban J connectivity index is 1.93. The molecule has 2 heterocycles. The summed E-state index contributed by atoms with van der Waals surface area (Å²) in [5.41, 5.74) is 8.24. The zero-order chi connectivity index (χ0) is 21.7. The van der Waals surface area contributed by atoms with Crippen molar-refractivity contribution in [1.82, 2.24) is 19.7 Å². The minimum absolute atomic E-state index is 0.0647. The van der Waals surface area contributed by atoms with E-state index in [1.54, 1.807) is 24.7 Å². The van der Waals surface area contributed by atoms with Crippen molar-refractivity contribution in [3.8, 4) is 11.8 Å². The van der Waals surface area contributed by atoms with E-state index in [1.165, 1.54) is 0 Å². The smallest absolute Gasteiger partial charge is 0.320 e. The molecule has 162 valence electrons. The number of hydrogen-bond acceptors (Lipinski definition) is 9. The van der Waals surface area contributed by atoms with Crippen molar-refractivity contribution in [1.29, 1.82) is 0 Å². The average molecular weight is 435 g/mol. The fourth-order valence-electron chi connectivity index (χ4n) is 3.13. The molecule has 0 bridgehead atoms. The van der Waals surface area contributed by atoms with E-state index >= 15 is 0 Å². The van der Waals surface area contributed by atoms with Crippen LogP contribution in [-0.2, 0) is 21.8 Å². The van der Waals surface area contributed by atoms with Crippen LogP contribution in [0.15, 0.2) is 24.4 Å². The van der Waals surface area contributed by atoms with E-state index in [9.17, 15) is 4.57 Å². The molecule has 1 atom stereocenters. The van der Waals surface area contributed by atoms with E-state index in [4.69, 9.17) is 24.8 Å². The van der Waals surface area contributed by atoms with Gasteiger partial charge >= 0.3 is 6.01 Å². The van der Waals surface area contributed by atoms with E-state index < -0.39 is 7.37 Å². The Labute approximate surface area is 174 Å². The topological polar surface area (TPSA) is 135 Å². The van der Waals surface area contributed by atoms with Gasteiger partial charge in [-0.05, 0) is 30.2 Å². The van der Waals surface area contributed by atoms with Gasteiger partial charge in [0.1, 0.15) is 18.2 Å². The number of hydrogen-bond donors (Lipinski definition) is 2. The fourth-order valence-corrected chi connectivity index (χ4v) is 4.61. The molecule has 1 aromatic carbocycles. The van der Waals surface area contributed by atoms with Gasteiger partial charge in [-0.1, -0.05) is 6.07 Å². The number of anilines is 1. The monoisotopic (exact) mass is 435 g/mol. The normalized spacial score (nSPS) is 13.3. The molecule has 0 fully saturated rings. The lowest BCUT2D eigenvalue weighted by molar-refractivity contribution is 0.192. The van der Waals surface area contributed by atoms with Crippen LogP contribution in [0, 0.1) is 0 Å². The lowest BCUT2D eigenvalue weighted by Crippen LogP contribution is -2.08. The summed E-state index contributed by atoms with van der Waals surface area (Å²) in [6.45, 7) is 4.13. The van der Waals surface area contributed by atoms with Crippen molar-refractivity contribution in [2.45, 2.75) is 19.6 Å². The number of fused-ring (bicyclic) bond motifs is 1. The Morgan fingerprint density at radius 1 is 1.23 bits per heavy atom. The van der Waals surface area contributed by atoms with Crippen LogP contribution in [0.3, 0.4) is 0 Å². The van der Waals surface area contributed by atoms with E-state index in [-0.39, 0.29) is 25.0 Å². The predicted octanol–water partition coefficient (Wildman–Crippen LogP) is 2.28. The lowest BCUT2D eigenvalue weighted by atomic mass is 10.1. The maximum Gasteiger partial charge on any atom is 0.320 e. The summed E-state index contributed by atoms with van der Waals surface area (Å²) >= 11 is 0. The van der Waals surface area contributed by atoms with Crippen LogP contribution in [0.1, 0.15) is 18.1 Å². The first-order valence-electron chi connectivity index (χ1n) is 9.45. The van der Waals surface area contributed by atoms with Gasteiger partial charge in [-0.25, -0.2) is 4.68 Å². The zero-order valence-corrected chi connectivity index (χ0v) is 18.1. The van der Waals surface area contributed by atoms with Crippen molar-refractivity contribution in [3.05, 3.63) is 35.5 Å². The van der Waals surface area contributed by atoms with Crippen LogP contribution in [-0.4, -0.2) is 58.5 Å². The molecule has 30 heavy (non-hydrogen) atoms. The summed E-state index contributed by atoms with van der Waals surface area (Å²) in [6.07, 6.45) is 1.90. The fraction of sp³-hybridized carbons (Fsp3) is 0.421. The molecule has 0 radical (unpaired) electrons. The lowest BCUT2D eigenvalue weighted by Gasteiger charge is -2.15. The molecule has 0 spiro atoms. The van der Waals surface area contributed by atoms with Crippen LogP contribution in [0.25, 0.3) is 11.0 Å². The van der Waals surface area contributed by atoms with E-state index in [2.05, 4.69) is 15.1 Å². The minimum Gasteiger partial charge on any atom is -0.497 e. The van der Waals surface area contributed by atoms with Crippen molar-refractivity contribution in [3.63, 3.8) is 0 Å². The zero-order valence-electron chi connectivity index (χ0n) is 17.2. The second-order valence-electron chi connectivity index (χ2n) is 6.78. The molecule has 0 aliphatic rings. The minimum atomic E-state index is -2.75. The molecule has 3 rings (SSSR count). The first-order valence-corrected chi connectivity index (χ1v) is 11.7. The number of aromatic nitrogens is 4. The standard InChI is InChI=1S/C19H26N5O5P/c1-4-29-30(3,26)12-14-7-13(8-15(9-14)27-2)11-24-18-16(10-21-24)17(20)22-19(23-18)28-6-5-25/h7-10,25H,4-6,11-12H2,1-3H3,(H2,20,22,23). The van der Waals surface area contributed by atoms with Gasteiger partial charge in [0.2, 0.25) is 7.37 Å². The summed E-state index contributed by atoms with van der Waals surface area (Å²) < 4.78 is 30.4. The van der Waals surface area contributed by atoms with Crippen LogP contribution in [0.5, 0.6) is 11.8 Å². The first kappa shape index (κ1) is 22.0. The third-order valence-electron chi connectivity index (χ3n) is 4.29. The highest BCUT2D eigenvalue weighted by atomic mass is 31.2. The Hall–Kier alpha value is -2.68. The maximum atomic E-state index is 12.6. The third-order valence-corrected chi connectivity index (χ3v) is 6.04. The molecule has 1 unspecified atom stereocenters. The predicted molar refractivity (Wildman–Crippen MR) is 113 cm³/mol. The molecule has 11 heteroatoms. The van der Waals surface area contributed by atoms with Gasteiger partial charge in [-0.3, -0.25) is 4.57 Å². The molecule has 0 saturated carbocycles. The molecule has 0 amide bonds. The largest absolute Gasteiger partial charge is 0.497 e. The second-order valence-corrected chi connectivity index (χ2v) is 9.38. The number of nitrogen functional groups attached to an aromatic ring is 1. The summed E-state index contributed by atoms with van der Waals surface area (Å²) in [7, 11) is -1.17. The number of nitrogens with zero attached hydrogens (tertiary/aromatic N) is 4. The van der Waals surface area contributed by atoms with Crippen LogP contribution in [0.2, 0.25) is 0 Å². The Morgan fingerprint density at radius 3 is 2.70 bits per heavy atom. The molecular weight excluding hydrogens is 409 g/mol. The second kappa shape index (κ2) is 9.42. The number of aliphatic hydroxyl groups is 1. The van der Waals surface area contributed by atoms with Gasteiger partial charge in [0.05, 0.1) is 38.5 Å². The van der Waals surface area contributed by atoms with Gasteiger partial charge in [-0.2, -0.15) is 15.1 Å². The molecule has 3 aromatic rings. The third kappa shape index (κ3) is 5.27. The molecule has 0 saturated heterocycles. The van der Waals surface area contributed by atoms with Crippen molar-refractivity contribution >= 4 is 24.2 Å². The summed E-state index contributed by atoms with van der Waals surface area (Å²) in [5.74, 6) is 0.894. The van der Waals surface area contributed by atoms with Crippen LogP contribution >= 0.6 is 7.37 Å². The average Bonchev–Trinajstić information content (AvgIpc) is 3.08. The Bertz CT molecular complexity index is 1070. The number of ether oxygens (including phenoxy) is 2. The number of benzene rings is 1. The quantitative estimate of drug-likeness (QED) is 0.460. The highest BCUT2D eigenvalue weighted by Crippen LogP contribution is 2.46. The Morgan fingerprint density at radius 2 is 2.00 bits per heavy atom.